The van der Waals surface area contributed by atoms with Crippen molar-refractivity contribution in [2.45, 2.75) is 38.0 Å². The van der Waals surface area contributed by atoms with E-state index in [0.29, 0.717) is 64.5 Å². The summed E-state index contributed by atoms with van der Waals surface area (Å²) in [6.07, 6.45) is 5.23. The third-order valence-corrected chi connectivity index (χ3v) is 13.1. The maximum atomic E-state index is 14.1. The van der Waals surface area contributed by atoms with Gasteiger partial charge in [-0.05, 0) is 59.0 Å². The second kappa shape index (κ2) is 19.2. The van der Waals surface area contributed by atoms with E-state index in [0.717, 1.165) is 27.3 Å². The first-order valence-corrected chi connectivity index (χ1v) is 23.9. The topological polar surface area (TPSA) is 207 Å². The standard InChI is InChI=1S/C50H47ClN3O13P/c1-29-23-45(57)53(50(29)59)19-20-64-21-22-65-40-24-30(11-13-31(40)14-16-43(55)52-18-17-34-33-7-3-4-8-35(33)42(25-38(34)52)67-68(60,61)62)12-15-44(56)54-28-32(27-51)46-37-10-6-5-9-36(37)41(26-39(46)54)66-49-47(58)48(49)63-2/h3-16,23-26,32,48-49,57,59H,17-22,27-28H2,1-2H3,(H2,60,61,62). The number of ether oxygens (including phenoxy) is 4. The number of halogens is 1. The highest BCUT2D eigenvalue weighted by Crippen LogP contribution is 2.48. The SMILES string of the molecule is COC1C(=O)C1Oc1cc2c(c3ccccc13)C(CCl)CN2C(=O)C=Cc1ccc(C=CC(=O)N2CCc3c2cc(OP(=O)(O)O)c2ccccc32)c(OCCOCCn2c(O)cc(C)c2O)c1. The van der Waals surface area contributed by atoms with Gasteiger partial charge in [-0.2, -0.15) is 0 Å². The third-order valence-electron chi connectivity index (χ3n) is 12.3. The normalized spacial score (nSPS) is 17.7. The first-order chi connectivity index (χ1) is 32.7. The fourth-order valence-electron chi connectivity index (χ4n) is 8.98. The fraction of sp³-hybridized carbons (Fsp3) is 0.260. The number of carbonyl (C=O) groups excluding carboxylic acids is 3. The van der Waals surface area contributed by atoms with Crippen LogP contribution in [-0.2, 0) is 41.4 Å². The Bertz CT molecular complexity index is 3090. The molecule has 0 bridgehead atoms. The van der Waals surface area contributed by atoms with E-state index < -0.39 is 20.0 Å². The lowest BCUT2D eigenvalue weighted by atomic mass is 9.95. The van der Waals surface area contributed by atoms with Gasteiger partial charge < -0.3 is 43.5 Å². The van der Waals surface area contributed by atoms with E-state index in [9.17, 15) is 38.9 Å². The van der Waals surface area contributed by atoms with E-state index in [4.69, 9.17) is 35.1 Å². The van der Waals surface area contributed by atoms with Crippen LogP contribution in [0.1, 0.15) is 33.7 Å². The van der Waals surface area contributed by atoms with Crippen LogP contribution in [0.5, 0.6) is 29.0 Å². The predicted molar refractivity (Wildman–Crippen MR) is 256 cm³/mol. The Morgan fingerprint density at radius 3 is 2.19 bits per heavy atom. The van der Waals surface area contributed by atoms with Gasteiger partial charge in [-0.15, -0.1) is 11.6 Å². The molecule has 1 aromatic heterocycles. The number of benzene rings is 5. The van der Waals surface area contributed by atoms with Crippen LogP contribution >= 0.6 is 19.4 Å². The van der Waals surface area contributed by atoms with Gasteiger partial charge >= 0.3 is 7.82 Å². The molecule has 1 saturated carbocycles. The van der Waals surface area contributed by atoms with Gasteiger partial charge in [0.1, 0.15) is 23.9 Å². The average Bonchev–Trinajstić information content (AvgIpc) is 3.59. The van der Waals surface area contributed by atoms with Crippen LogP contribution in [-0.4, -0.2) is 100 Å². The number of aromatic nitrogens is 1. The van der Waals surface area contributed by atoms with Gasteiger partial charge in [0.05, 0.1) is 31.1 Å². The van der Waals surface area contributed by atoms with Crippen molar-refractivity contribution in [2.75, 3.05) is 55.7 Å². The third kappa shape index (κ3) is 9.31. The zero-order chi connectivity index (χ0) is 47.9. The summed E-state index contributed by atoms with van der Waals surface area (Å²) in [6.45, 7) is 2.91. The summed E-state index contributed by atoms with van der Waals surface area (Å²) < 4.78 is 41.7. The second-order valence-corrected chi connectivity index (χ2v) is 18.0. The summed E-state index contributed by atoms with van der Waals surface area (Å²) in [6, 6.07) is 24.7. The Balaban J connectivity index is 0.960. The predicted octanol–water partition coefficient (Wildman–Crippen LogP) is 7.41. The molecule has 3 atom stereocenters. The van der Waals surface area contributed by atoms with Crippen LogP contribution in [0.3, 0.4) is 0 Å². The van der Waals surface area contributed by atoms with Crippen molar-refractivity contribution in [3.8, 4) is 29.0 Å². The number of nitrogens with zero attached hydrogens (tertiary/aromatic N) is 3. The lowest BCUT2D eigenvalue weighted by Gasteiger charge is -2.18. The van der Waals surface area contributed by atoms with Gasteiger partial charge in [0.15, 0.2) is 24.0 Å². The lowest BCUT2D eigenvalue weighted by molar-refractivity contribution is -0.114. The maximum absolute atomic E-state index is 14.1. The minimum atomic E-state index is -4.92. The molecule has 3 unspecified atom stereocenters. The first kappa shape index (κ1) is 46.5. The molecule has 0 saturated heterocycles. The van der Waals surface area contributed by atoms with E-state index in [1.165, 1.54) is 40.9 Å². The number of alkyl halides is 1. The number of hydrogen-bond donors (Lipinski definition) is 4. The minimum absolute atomic E-state index is 0.0413. The van der Waals surface area contributed by atoms with Crippen molar-refractivity contribution in [1.29, 1.82) is 0 Å². The molecular weight excluding hydrogens is 917 g/mol. The number of methoxy groups -OCH3 is 1. The van der Waals surface area contributed by atoms with Crippen molar-refractivity contribution in [3.63, 3.8) is 0 Å². The van der Waals surface area contributed by atoms with Crippen LogP contribution < -0.4 is 23.8 Å². The van der Waals surface area contributed by atoms with Crippen molar-refractivity contribution < 1.29 is 62.4 Å². The molecule has 6 aromatic rings. The van der Waals surface area contributed by atoms with Crippen LogP contribution in [0.4, 0.5) is 11.4 Å². The second-order valence-electron chi connectivity index (χ2n) is 16.6. The number of phosphoric acid groups is 1. The maximum Gasteiger partial charge on any atom is 0.524 e. The largest absolute Gasteiger partial charge is 0.524 e. The number of Topliss-reactive ketones (excluding diaryl/α,β-unsaturated/α-hetero) is 1. The number of rotatable bonds is 17. The molecule has 9 rings (SSSR count). The Labute approximate surface area is 395 Å². The number of amides is 2. The van der Waals surface area contributed by atoms with Gasteiger partial charge in [0.25, 0.3) is 11.8 Å². The summed E-state index contributed by atoms with van der Waals surface area (Å²) in [5, 5.41) is 23.3. The van der Waals surface area contributed by atoms with Gasteiger partial charge in [0, 0.05) is 84.2 Å². The van der Waals surface area contributed by atoms with Crippen LogP contribution in [0, 0.1) is 6.92 Å². The number of hydrogen-bond acceptors (Lipinski definition) is 11. The number of carbonyl (C=O) groups is 3. The number of anilines is 2. The van der Waals surface area contributed by atoms with E-state index >= 15 is 0 Å². The van der Waals surface area contributed by atoms with Crippen molar-refractivity contribution >= 4 is 82.1 Å². The Kier molecular flexibility index (Phi) is 13.1. The number of ketones is 1. The molecule has 0 spiro atoms. The van der Waals surface area contributed by atoms with Gasteiger partial charge in [-0.25, -0.2) is 4.57 Å². The van der Waals surface area contributed by atoms with E-state index in [2.05, 4.69) is 0 Å². The first-order valence-electron chi connectivity index (χ1n) is 21.8. The number of aromatic hydroxyl groups is 2. The summed E-state index contributed by atoms with van der Waals surface area (Å²) in [4.78, 5) is 62.8. The highest BCUT2D eigenvalue weighted by molar-refractivity contribution is 7.46. The number of aryl methyl sites for hydroxylation is 1. The summed E-state index contributed by atoms with van der Waals surface area (Å²) in [7, 11) is -3.46. The molecule has 2 aliphatic heterocycles. The lowest BCUT2D eigenvalue weighted by Crippen LogP contribution is -2.28. The monoisotopic (exact) mass is 963 g/mol. The summed E-state index contributed by atoms with van der Waals surface area (Å²) in [5.41, 5.74) is 4.55. The minimum Gasteiger partial charge on any atom is -0.494 e. The van der Waals surface area contributed by atoms with Crippen molar-refractivity contribution in [1.82, 2.24) is 4.57 Å². The van der Waals surface area contributed by atoms with Crippen LogP contribution in [0.2, 0.25) is 0 Å². The number of fused-ring (bicyclic) bond motifs is 6. The molecule has 5 aromatic carbocycles. The highest BCUT2D eigenvalue weighted by atomic mass is 35.5. The quantitative estimate of drug-likeness (QED) is 0.0305. The highest BCUT2D eigenvalue weighted by Gasteiger charge is 2.53. The molecule has 68 heavy (non-hydrogen) atoms. The zero-order valence-electron chi connectivity index (χ0n) is 36.9. The molecule has 4 N–H and O–H groups in total. The Morgan fingerprint density at radius 2 is 1.50 bits per heavy atom. The molecule has 2 amide bonds. The average molecular weight is 964 g/mol. The molecule has 18 heteroatoms. The van der Waals surface area contributed by atoms with E-state index in [-0.39, 0.29) is 73.3 Å². The molecule has 16 nitrogen and oxygen atoms in total. The van der Waals surface area contributed by atoms with Gasteiger partial charge in [-0.1, -0.05) is 60.7 Å². The van der Waals surface area contributed by atoms with Crippen molar-refractivity contribution in [3.05, 3.63) is 125 Å². The van der Waals surface area contributed by atoms with E-state index in [1.807, 2.05) is 36.4 Å². The van der Waals surface area contributed by atoms with E-state index in [1.54, 1.807) is 60.4 Å². The molecule has 0 radical (unpaired) electrons. The van der Waals surface area contributed by atoms with Crippen LogP contribution in [0.15, 0.2) is 97.1 Å². The van der Waals surface area contributed by atoms with Crippen LogP contribution in [0.25, 0.3) is 33.7 Å². The summed E-state index contributed by atoms with van der Waals surface area (Å²) in [5.74, 6) is -0.0958. The number of phosphoric ester groups is 1. The molecule has 1 aliphatic carbocycles. The van der Waals surface area contributed by atoms with Gasteiger partial charge in [-0.3, -0.25) is 28.7 Å². The fourth-order valence-corrected chi connectivity index (χ4v) is 9.64. The Hall–Kier alpha value is -6.65. The zero-order valence-corrected chi connectivity index (χ0v) is 38.6. The van der Waals surface area contributed by atoms with Crippen molar-refractivity contribution in [2.24, 2.45) is 0 Å². The Morgan fingerprint density at radius 1 is 0.809 bits per heavy atom. The molecular formula is C50H47ClN3O13P. The molecule has 352 valence electrons. The molecule has 1 fully saturated rings. The smallest absolute Gasteiger partial charge is 0.494 e. The van der Waals surface area contributed by atoms with Gasteiger partial charge in [0.2, 0.25) is 5.78 Å². The summed E-state index contributed by atoms with van der Waals surface area (Å²) >= 11 is 6.51. The molecule has 3 heterocycles. The molecule has 3 aliphatic rings.